The molecule has 0 aliphatic heterocycles. The number of rotatable bonds is 7. The van der Waals surface area contributed by atoms with Gasteiger partial charge in [-0.25, -0.2) is 4.39 Å². The first kappa shape index (κ1) is 16.7. The molecule has 0 bridgehead atoms. The summed E-state index contributed by atoms with van der Waals surface area (Å²) in [5, 5.41) is 2.89. The molecule has 1 atom stereocenters. The molecule has 0 spiro atoms. The minimum Gasteiger partial charge on any atom is -0.494 e. The summed E-state index contributed by atoms with van der Waals surface area (Å²) in [7, 11) is 1.32. The molecule has 1 rings (SSSR count). The van der Waals surface area contributed by atoms with Crippen LogP contribution < -0.4 is 10.1 Å². The highest BCUT2D eigenvalue weighted by atomic mass is 19.4. The van der Waals surface area contributed by atoms with Crippen LogP contribution in [-0.2, 0) is 4.74 Å². The number of hydrogen-bond donors (Lipinski definition) is 1. The van der Waals surface area contributed by atoms with Gasteiger partial charge in [0, 0.05) is 5.56 Å². The zero-order valence-electron chi connectivity index (χ0n) is 11.3. The molecule has 114 valence electrons. The smallest absolute Gasteiger partial charge is 0.411 e. The van der Waals surface area contributed by atoms with Gasteiger partial charge in [-0.1, -0.05) is 19.1 Å². The van der Waals surface area contributed by atoms with Crippen LogP contribution in [0.3, 0.4) is 0 Å². The van der Waals surface area contributed by atoms with E-state index >= 15 is 0 Å². The van der Waals surface area contributed by atoms with Crippen molar-refractivity contribution in [3.8, 4) is 5.75 Å². The first-order chi connectivity index (χ1) is 9.39. The monoisotopic (exact) mass is 295 g/mol. The standard InChI is InChI=1S/C13H17F4NO2/c1-3-18-10(7-20-8-13(15,16)17)9-5-4-6-11(19-2)12(9)14/h4-6,10,18H,3,7-8H2,1-2H3. The van der Waals surface area contributed by atoms with Crippen LogP contribution in [0.5, 0.6) is 5.75 Å². The first-order valence-electron chi connectivity index (χ1n) is 6.09. The van der Waals surface area contributed by atoms with E-state index in [-0.39, 0.29) is 17.9 Å². The number of ether oxygens (including phenoxy) is 2. The lowest BCUT2D eigenvalue weighted by atomic mass is 10.1. The van der Waals surface area contributed by atoms with E-state index in [9.17, 15) is 17.6 Å². The second kappa shape index (κ2) is 7.44. The van der Waals surface area contributed by atoms with Crippen molar-refractivity contribution in [2.75, 3.05) is 26.9 Å². The van der Waals surface area contributed by atoms with Gasteiger partial charge in [0.05, 0.1) is 19.8 Å². The van der Waals surface area contributed by atoms with Gasteiger partial charge in [-0.05, 0) is 12.6 Å². The zero-order valence-corrected chi connectivity index (χ0v) is 11.3. The molecule has 0 aliphatic carbocycles. The normalized spacial score (nSPS) is 13.3. The van der Waals surface area contributed by atoms with Crippen LogP contribution in [0.1, 0.15) is 18.5 Å². The average Bonchev–Trinajstić information content (AvgIpc) is 2.37. The molecule has 0 aliphatic rings. The molecule has 1 N–H and O–H groups in total. The molecule has 1 aromatic carbocycles. The molecule has 0 amide bonds. The molecule has 1 unspecified atom stereocenters. The number of halogens is 4. The van der Waals surface area contributed by atoms with Crippen molar-refractivity contribution in [1.29, 1.82) is 0 Å². The van der Waals surface area contributed by atoms with Gasteiger partial charge in [-0.2, -0.15) is 13.2 Å². The Bertz CT molecular complexity index is 423. The van der Waals surface area contributed by atoms with Crippen molar-refractivity contribution < 1.29 is 27.0 Å². The van der Waals surface area contributed by atoms with E-state index in [1.54, 1.807) is 13.0 Å². The number of methoxy groups -OCH3 is 1. The molecule has 0 radical (unpaired) electrons. The average molecular weight is 295 g/mol. The maximum Gasteiger partial charge on any atom is 0.411 e. The third-order valence-electron chi connectivity index (χ3n) is 2.59. The summed E-state index contributed by atoms with van der Waals surface area (Å²) in [6.07, 6.45) is -4.40. The number of alkyl halides is 3. The van der Waals surface area contributed by atoms with Gasteiger partial charge in [-0.3, -0.25) is 0 Å². The van der Waals surface area contributed by atoms with Crippen LogP contribution in [0, 0.1) is 5.82 Å². The largest absolute Gasteiger partial charge is 0.494 e. The Balaban J connectivity index is 2.80. The molecule has 0 saturated carbocycles. The van der Waals surface area contributed by atoms with Gasteiger partial charge < -0.3 is 14.8 Å². The number of benzene rings is 1. The van der Waals surface area contributed by atoms with E-state index < -0.39 is 24.6 Å². The molecule has 20 heavy (non-hydrogen) atoms. The Labute approximate surface area is 114 Å². The van der Waals surface area contributed by atoms with Crippen molar-refractivity contribution in [3.63, 3.8) is 0 Å². The van der Waals surface area contributed by atoms with E-state index in [4.69, 9.17) is 4.74 Å². The summed E-state index contributed by atoms with van der Waals surface area (Å²) in [6, 6.07) is 3.84. The summed E-state index contributed by atoms with van der Waals surface area (Å²) in [5.74, 6) is -0.558. The molecule has 0 saturated heterocycles. The summed E-state index contributed by atoms with van der Waals surface area (Å²) in [5.41, 5.74) is 0.216. The van der Waals surface area contributed by atoms with Crippen molar-refractivity contribution in [2.45, 2.75) is 19.1 Å². The maximum atomic E-state index is 14.1. The minimum atomic E-state index is -4.40. The Hall–Kier alpha value is -1.34. The predicted octanol–water partition coefficient (Wildman–Crippen LogP) is 3.06. The van der Waals surface area contributed by atoms with Gasteiger partial charge in [-0.15, -0.1) is 0 Å². The van der Waals surface area contributed by atoms with Crippen LogP contribution >= 0.6 is 0 Å². The van der Waals surface area contributed by atoms with Crippen LogP contribution in [-0.4, -0.2) is 33.0 Å². The Kier molecular flexibility index (Phi) is 6.22. The lowest BCUT2D eigenvalue weighted by Gasteiger charge is -2.20. The summed E-state index contributed by atoms with van der Waals surface area (Å²) in [4.78, 5) is 0. The van der Waals surface area contributed by atoms with Crippen molar-refractivity contribution in [3.05, 3.63) is 29.6 Å². The Morgan fingerprint density at radius 3 is 2.55 bits per heavy atom. The van der Waals surface area contributed by atoms with E-state index in [1.807, 2.05) is 0 Å². The SMILES string of the molecule is CCNC(COCC(F)(F)F)c1cccc(OC)c1F. The summed E-state index contributed by atoms with van der Waals surface area (Å²) >= 11 is 0. The minimum absolute atomic E-state index is 0.0428. The lowest BCUT2D eigenvalue weighted by Crippen LogP contribution is -2.28. The van der Waals surface area contributed by atoms with Crippen LogP contribution in [0.2, 0.25) is 0 Å². The molecule has 3 nitrogen and oxygen atoms in total. The topological polar surface area (TPSA) is 30.5 Å². The van der Waals surface area contributed by atoms with E-state index in [1.165, 1.54) is 19.2 Å². The van der Waals surface area contributed by atoms with Crippen molar-refractivity contribution >= 4 is 0 Å². The fourth-order valence-corrected chi connectivity index (χ4v) is 1.75. The lowest BCUT2D eigenvalue weighted by molar-refractivity contribution is -0.175. The third-order valence-corrected chi connectivity index (χ3v) is 2.59. The molecule has 0 fully saturated rings. The van der Waals surface area contributed by atoms with E-state index in [0.717, 1.165) is 0 Å². The van der Waals surface area contributed by atoms with Gasteiger partial charge in [0.25, 0.3) is 0 Å². The number of hydrogen-bond acceptors (Lipinski definition) is 3. The summed E-state index contributed by atoms with van der Waals surface area (Å²) < 4.78 is 59.7. The second-order valence-electron chi connectivity index (χ2n) is 4.10. The van der Waals surface area contributed by atoms with Crippen LogP contribution in [0.4, 0.5) is 17.6 Å². The summed E-state index contributed by atoms with van der Waals surface area (Å²) in [6.45, 7) is 0.601. The maximum absolute atomic E-state index is 14.1. The van der Waals surface area contributed by atoms with Crippen LogP contribution in [0.25, 0.3) is 0 Å². The highest BCUT2D eigenvalue weighted by molar-refractivity contribution is 5.33. The molecule has 1 aromatic rings. The van der Waals surface area contributed by atoms with E-state index in [0.29, 0.717) is 6.54 Å². The zero-order chi connectivity index (χ0) is 15.2. The van der Waals surface area contributed by atoms with Gasteiger partial charge in [0.2, 0.25) is 0 Å². The van der Waals surface area contributed by atoms with Crippen molar-refractivity contribution in [1.82, 2.24) is 5.32 Å². The second-order valence-corrected chi connectivity index (χ2v) is 4.10. The quantitative estimate of drug-likeness (QED) is 0.784. The highest BCUT2D eigenvalue weighted by Gasteiger charge is 2.28. The number of likely N-dealkylation sites (N-methyl/N-ethyl adjacent to an activating group) is 1. The van der Waals surface area contributed by atoms with Gasteiger partial charge in [0.15, 0.2) is 11.6 Å². The van der Waals surface area contributed by atoms with Crippen molar-refractivity contribution in [2.24, 2.45) is 0 Å². The van der Waals surface area contributed by atoms with Crippen LogP contribution in [0.15, 0.2) is 18.2 Å². The van der Waals surface area contributed by atoms with E-state index in [2.05, 4.69) is 10.1 Å². The molecular weight excluding hydrogens is 278 g/mol. The fraction of sp³-hybridized carbons (Fsp3) is 0.538. The number of nitrogens with one attached hydrogen (secondary N) is 1. The fourth-order valence-electron chi connectivity index (χ4n) is 1.75. The van der Waals surface area contributed by atoms with Gasteiger partial charge >= 0.3 is 6.18 Å². The molecular formula is C13H17F4NO2. The molecule has 0 aromatic heterocycles. The first-order valence-corrected chi connectivity index (χ1v) is 6.09. The molecule has 7 heteroatoms. The Morgan fingerprint density at radius 2 is 2.00 bits per heavy atom. The third kappa shape index (κ3) is 4.97. The molecule has 0 heterocycles. The highest BCUT2D eigenvalue weighted by Crippen LogP contribution is 2.26. The van der Waals surface area contributed by atoms with Gasteiger partial charge in [0.1, 0.15) is 6.61 Å². The Morgan fingerprint density at radius 1 is 1.30 bits per heavy atom. The predicted molar refractivity (Wildman–Crippen MR) is 66.2 cm³/mol.